The van der Waals surface area contributed by atoms with Gasteiger partial charge in [-0.2, -0.15) is 5.26 Å². The second-order valence-corrected chi connectivity index (χ2v) is 4.45. The molecule has 0 unspecified atom stereocenters. The van der Waals surface area contributed by atoms with Crippen molar-refractivity contribution in [1.82, 2.24) is 0 Å². The summed E-state index contributed by atoms with van der Waals surface area (Å²) in [6.07, 6.45) is 0. The van der Waals surface area contributed by atoms with Gasteiger partial charge in [-0.3, -0.25) is 0 Å². The third-order valence-corrected chi connectivity index (χ3v) is 3.09. The van der Waals surface area contributed by atoms with E-state index < -0.39 is 0 Å². The molecule has 0 aliphatic rings. The van der Waals surface area contributed by atoms with Crippen LogP contribution in [0.1, 0.15) is 5.56 Å². The lowest BCUT2D eigenvalue weighted by molar-refractivity contribution is 0.487. The number of hydrogen-bond donors (Lipinski definition) is 1. The molecule has 20 heavy (non-hydrogen) atoms. The van der Waals surface area contributed by atoms with Crippen molar-refractivity contribution in [2.75, 3.05) is 5.73 Å². The maximum absolute atomic E-state index is 9.15. The Kier molecular flexibility index (Phi) is 2.98. The summed E-state index contributed by atoms with van der Waals surface area (Å²) in [7, 11) is 0. The number of ether oxygens (including phenoxy) is 1. The molecule has 0 aliphatic carbocycles. The lowest BCUT2D eigenvalue weighted by atomic mass is 10.1. The maximum Gasteiger partial charge on any atom is 0.145 e. The Balaban J connectivity index is 2.08. The van der Waals surface area contributed by atoms with Crippen LogP contribution < -0.4 is 10.5 Å². The third kappa shape index (κ3) is 2.15. The minimum absolute atomic E-state index is 0.429. The van der Waals surface area contributed by atoms with Gasteiger partial charge in [0.15, 0.2) is 0 Å². The molecule has 0 amide bonds. The van der Waals surface area contributed by atoms with Gasteiger partial charge < -0.3 is 10.5 Å². The van der Waals surface area contributed by atoms with Gasteiger partial charge in [0, 0.05) is 11.1 Å². The molecule has 0 bridgehead atoms. The first-order valence-electron chi connectivity index (χ1n) is 6.23. The number of nitrogens with two attached hydrogens (primary N) is 1. The number of fused-ring (bicyclic) bond motifs is 1. The summed E-state index contributed by atoms with van der Waals surface area (Å²) in [5.41, 5.74) is 6.66. The van der Waals surface area contributed by atoms with E-state index >= 15 is 0 Å². The topological polar surface area (TPSA) is 59.0 Å². The predicted molar refractivity (Wildman–Crippen MR) is 79.6 cm³/mol. The molecule has 0 radical (unpaired) electrons. The van der Waals surface area contributed by atoms with Crippen molar-refractivity contribution in [3.63, 3.8) is 0 Å². The normalized spacial score (nSPS) is 10.2. The van der Waals surface area contributed by atoms with Crippen LogP contribution in [0.5, 0.6) is 11.5 Å². The maximum atomic E-state index is 9.15. The van der Waals surface area contributed by atoms with E-state index in [0.717, 1.165) is 16.5 Å². The van der Waals surface area contributed by atoms with Crippen molar-refractivity contribution < 1.29 is 4.74 Å². The summed E-state index contributed by atoms with van der Waals surface area (Å²) in [6, 6.07) is 21.0. The SMILES string of the molecule is N#Cc1cc(N)ccc1Oc1cccc2ccccc12. The van der Waals surface area contributed by atoms with Crippen LogP contribution in [0, 0.1) is 11.3 Å². The summed E-state index contributed by atoms with van der Waals surface area (Å²) in [4.78, 5) is 0. The first-order valence-corrected chi connectivity index (χ1v) is 6.23. The molecular formula is C17H12N2O. The highest BCUT2D eigenvalue weighted by atomic mass is 16.5. The Morgan fingerprint density at radius 2 is 1.70 bits per heavy atom. The molecule has 0 saturated carbocycles. The van der Waals surface area contributed by atoms with Crippen molar-refractivity contribution in [1.29, 1.82) is 5.26 Å². The Morgan fingerprint density at radius 1 is 0.900 bits per heavy atom. The van der Waals surface area contributed by atoms with Gasteiger partial charge in [0.05, 0.1) is 5.56 Å². The largest absolute Gasteiger partial charge is 0.455 e. The fourth-order valence-corrected chi connectivity index (χ4v) is 2.13. The summed E-state index contributed by atoms with van der Waals surface area (Å²) >= 11 is 0. The molecule has 3 heteroatoms. The smallest absolute Gasteiger partial charge is 0.145 e. The average molecular weight is 260 g/mol. The quantitative estimate of drug-likeness (QED) is 0.706. The van der Waals surface area contributed by atoms with Crippen molar-refractivity contribution >= 4 is 16.5 Å². The highest BCUT2D eigenvalue weighted by Crippen LogP contribution is 2.32. The Hall–Kier alpha value is -2.99. The van der Waals surface area contributed by atoms with Crippen LogP contribution in [-0.4, -0.2) is 0 Å². The summed E-state index contributed by atoms with van der Waals surface area (Å²) in [5.74, 6) is 1.24. The molecule has 0 aliphatic heterocycles. The molecule has 3 aromatic rings. The molecule has 0 fully saturated rings. The Labute approximate surface area is 116 Å². The van der Waals surface area contributed by atoms with Crippen molar-refractivity contribution in [2.45, 2.75) is 0 Å². The average Bonchev–Trinajstić information content (AvgIpc) is 2.49. The number of nitriles is 1. The molecule has 0 saturated heterocycles. The van der Waals surface area contributed by atoms with Gasteiger partial charge in [-0.15, -0.1) is 0 Å². The molecule has 0 heterocycles. The van der Waals surface area contributed by atoms with E-state index in [1.165, 1.54) is 0 Å². The fraction of sp³-hybridized carbons (Fsp3) is 0. The van der Waals surface area contributed by atoms with Gasteiger partial charge in [-0.25, -0.2) is 0 Å². The van der Waals surface area contributed by atoms with E-state index in [0.29, 0.717) is 17.0 Å². The number of nitrogen functional groups attached to an aromatic ring is 1. The van der Waals surface area contributed by atoms with E-state index in [4.69, 9.17) is 15.7 Å². The molecular weight excluding hydrogens is 248 g/mol. The van der Waals surface area contributed by atoms with Gasteiger partial charge >= 0.3 is 0 Å². The minimum Gasteiger partial charge on any atom is -0.455 e. The molecule has 0 aromatic heterocycles. The van der Waals surface area contributed by atoms with Crippen molar-refractivity contribution in [2.24, 2.45) is 0 Å². The van der Waals surface area contributed by atoms with E-state index in [2.05, 4.69) is 6.07 Å². The molecule has 0 spiro atoms. The first kappa shape index (κ1) is 12.1. The Morgan fingerprint density at radius 3 is 2.55 bits per heavy atom. The number of nitrogens with zero attached hydrogens (tertiary/aromatic N) is 1. The standard InChI is InChI=1S/C17H12N2O/c18-11-13-10-14(19)8-9-16(13)20-17-7-3-5-12-4-1-2-6-15(12)17/h1-10H,19H2. The molecule has 3 nitrogen and oxygen atoms in total. The molecule has 3 aromatic carbocycles. The van der Waals surface area contributed by atoms with Gasteiger partial charge in [-0.1, -0.05) is 36.4 Å². The van der Waals surface area contributed by atoms with Crippen molar-refractivity contribution in [3.8, 4) is 17.6 Å². The second kappa shape index (κ2) is 4.94. The zero-order valence-electron chi connectivity index (χ0n) is 10.7. The number of benzene rings is 3. The van der Waals surface area contributed by atoms with E-state index in [-0.39, 0.29) is 0 Å². The van der Waals surface area contributed by atoms with Gasteiger partial charge in [0.25, 0.3) is 0 Å². The van der Waals surface area contributed by atoms with Gasteiger partial charge in [0.1, 0.15) is 17.6 Å². The second-order valence-electron chi connectivity index (χ2n) is 4.45. The number of anilines is 1. The zero-order valence-corrected chi connectivity index (χ0v) is 10.7. The summed E-state index contributed by atoms with van der Waals surface area (Å²) in [5, 5.41) is 11.3. The predicted octanol–water partition coefficient (Wildman–Crippen LogP) is 4.09. The van der Waals surface area contributed by atoms with Crippen molar-refractivity contribution in [3.05, 3.63) is 66.2 Å². The highest BCUT2D eigenvalue weighted by Gasteiger charge is 2.07. The van der Waals surface area contributed by atoms with Crippen LogP contribution in [0.2, 0.25) is 0 Å². The van der Waals surface area contributed by atoms with Crippen LogP contribution in [0.3, 0.4) is 0 Å². The molecule has 3 rings (SSSR count). The lowest BCUT2D eigenvalue weighted by Gasteiger charge is -2.10. The summed E-state index contributed by atoms with van der Waals surface area (Å²) < 4.78 is 5.89. The van der Waals surface area contributed by atoms with Crippen LogP contribution in [-0.2, 0) is 0 Å². The minimum atomic E-state index is 0.429. The van der Waals surface area contributed by atoms with Crippen LogP contribution >= 0.6 is 0 Å². The molecule has 2 N–H and O–H groups in total. The van der Waals surface area contributed by atoms with Crippen LogP contribution in [0.15, 0.2) is 60.7 Å². The van der Waals surface area contributed by atoms with Gasteiger partial charge in [-0.05, 0) is 29.7 Å². The van der Waals surface area contributed by atoms with E-state index in [1.54, 1.807) is 18.2 Å². The highest BCUT2D eigenvalue weighted by molar-refractivity contribution is 5.88. The number of rotatable bonds is 2. The lowest BCUT2D eigenvalue weighted by Crippen LogP contribution is -1.92. The zero-order chi connectivity index (χ0) is 13.9. The first-order chi connectivity index (χ1) is 9.78. The van der Waals surface area contributed by atoms with E-state index in [9.17, 15) is 0 Å². The third-order valence-electron chi connectivity index (χ3n) is 3.09. The Bertz CT molecular complexity index is 813. The summed E-state index contributed by atoms with van der Waals surface area (Å²) in [6.45, 7) is 0. The number of hydrogen-bond acceptors (Lipinski definition) is 3. The van der Waals surface area contributed by atoms with Crippen LogP contribution in [0.4, 0.5) is 5.69 Å². The van der Waals surface area contributed by atoms with E-state index in [1.807, 2.05) is 42.5 Å². The monoisotopic (exact) mass is 260 g/mol. The molecule has 96 valence electrons. The fourth-order valence-electron chi connectivity index (χ4n) is 2.13. The molecule has 0 atom stereocenters. The van der Waals surface area contributed by atoms with Gasteiger partial charge in [0.2, 0.25) is 0 Å². The van der Waals surface area contributed by atoms with Crippen LogP contribution in [0.25, 0.3) is 10.8 Å².